The molecule has 2 rings (SSSR count). The van der Waals surface area contributed by atoms with Gasteiger partial charge in [0.25, 0.3) is 0 Å². The average Bonchev–Trinajstić information content (AvgIpc) is 2.71. The SMILES string of the molecule is NC(=S)c1cnc(N2CCCC2)cn1. The lowest BCUT2D eigenvalue weighted by molar-refractivity contribution is 0.925. The van der Waals surface area contributed by atoms with Gasteiger partial charge in [0, 0.05) is 13.1 Å². The minimum absolute atomic E-state index is 0.297. The Morgan fingerprint density at radius 3 is 2.50 bits per heavy atom. The molecule has 0 atom stereocenters. The number of thiocarbonyl (C=S) groups is 1. The predicted octanol–water partition coefficient (Wildman–Crippen LogP) is 0.711. The van der Waals surface area contributed by atoms with Crippen molar-refractivity contribution in [2.45, 2.75) is 12.8 Å². The Labute approximate surface area is 88.1 Å². The normalized spacial score (nSPS) is 15.9. The van der Waals surface area contributed by atoms with Crippen molar-refractivity contribution < 1.29 is 0 Å². The molecule has 1 saturated heterocycles. The van der Waals surface area contributed by atoms with Gasteiger partial charge >= 0.3 is 0 Å². The summed E-state index contributed by atoms with van der Waals surface area (Å²) in [5.74, 6) is 0.919. The largest absolute Gasteiger partial charge is 0.388 e. The van der Waals surface area contributed by atoms with Gasteiger partial charge in [-0.05, 0) is 12.8 Å². The molecular formula is C9H12N4S. The Kier molecular flexibility index (Phi) is 2.58. The highest BCUT2D eigenvalue weighted by molar-refractivity contribution is 7.80. The monoisotopic (exact) mass is 208 g/mol. The summed E-state index contributed by atoms with van der Waals surface area (Å²) in [7, 11) is 0. The van der Waals surface area contributed by atoms with Crippen LogP contribution in [0.15, 0.2) is 12.4 Å². The van der Waals surface area contributed by atoms with Gasteiger partial charge in [-0.2, -0.15) is 0 Å². The molecule has 74 valence electrons. The Morgan fingerprint density at radius 1 is 1.29 bits per heavy atom. The summed E-state index contributed by atoms with van der Waals surface area (Å²) in [5.41, 5.74) is 6.02. The van der Waals surface area contributed by atoms with Crippen LogP contribution in [0.4, 0.5) is 5.82 Å². The van der Waals surface area contributed by atoms with Gasteiger partial charge in [-0.25, -0.2) is 9.97 Å². The topological polar surface area (TPSA) is 55.0 Å². The van der Waals surface area contributed by atoms with Gasteiger partial charge in [-0.1, -0.05) is 12.2 Å². The lowest BCUT2D eigenvalue weighted by Crippen LogP contribution is -2.20. The van der Waals surface area contributed by atoms with E-state index in [9.17, 15) is 0 Å². The number of rotatable bonds is 2. The maximum atomic E-state index is 5.43. The number of hydrogen-bond donors (Lipinski definition) is 1. The predicted molar refractivity (Wildman–Crippen MR) is 59.4 cm³/mol. The average molecular weight is 208 g/mol. The van der Waals surface area contributed by atoms with Gasteiger partial charge in [-0.15, -0.1) is 0 Å². The third-order valence-electron chi connectivity index (χ3n) is 2.32. The molecule has 0 aliphatic carbocycles. The summed E-state index contributed by atoms with van der Waals surface area (Å²) < 4.78 is 0. The van der Waals surface area contributed by atoms with E-state index in [1.807, 2.05) is 0 Å². The molecule has 0 amide bonds. The fraction of sp³-hybridized carbons (Fsp3) is 0.444. The molecular weight excluding hydrogens is 196 g/mol. The van der Waals surface area contributed by atoms with Crippen LogP contribution < -0.4 is 10.6 Å². The van der Waals surface area contributed by atoms with Gasteiger partial charge in [0.2, 0.25) is 0 Å². The summed E-state index contributed by atoms with van der Waals surface area (Å²) >= 11 is 4.80. The molecule has 2 heterocycles. The van der Waals surface area contributed by atoms with E-state index < -0.39 is 0 Å². The second-order valence-electron chi connectivity index (χ2n) is 3.32. The Balaban J connectivity index is 2.16. The van der Waals surface area contributed by atoms with Gasteiger partial charge < -0.3 is 10.6 Å². The highest BCUT2D eigenvalue weighted by Crippen LogP contribution is 2.15. The molecule has 0 bridgehead atoms. The van der Waals surface area contributed by atoms with Crippen molar-refractivity contribution in [2.24, 2.45) is 5.73 Å². The molecule has 14 heavy (non-hydrogen) atoms. The molecule has 0 aromatic carbocycles. The van der Waals surface area contributed by atoms with Crippen LogP contribution in [-0.4, -0.2) is 28.0 Å². The maximum Gasteiger partial charge on any atom is 0.147 e. The second-order valence-corrected chi connectivity index (χ2v) is 3.76. The van der Waals surface area contributed by atoms with E-state index in [2.05, 4.69) is 14.9 Å². The smallest absolute Gasteiger partial charge is 0.147 e. The number of aromatic nitrogens is 2. The quantitative estimate of drug-likeness (QED) is 0.725. The molecule has 1 aromatic rings. The first kappa shape index (κ1) is 9.33. The van der Waals surface area contributed by atoms with E-state index in [1.54, 1.807) is 12.4 Å². The van der Waals surface area contributed by atoms with Crippen LogP contribution in [0.1, 0.15) is 18.5 Å². The van der Waals surface area contributed by atoms with E-state index in [1.165, 1.54) is 12.8 Å². The zero-order valence-corrected chi connectivity index (χ0v) is 8.63. The summed E-state index contributed by atoms with van der Waals surface area (Å²) in [4.78, 5) is 10.9. The van der Waals surface area contributed by atoms with Crippen molar-refractivity contribution in [3.63, 3.8) is 0 Å². The lowest BCUT2D eigenvalue weighted by atomic mass is 10.4. The Bertz CT molecular complexity index is 329. The fourth-order valence-electron chi connectivity index (χ4n) is 1.56. The summed E-state index contributed by atoms with van der Waals surface area (Å²) in [5, 5.41) is 0. The van der Waals surface area contributed by atoms with Crippen LogP contribution in [0.5, 0.6) is 0 Å². The summed E-state index contributed by atoms with van der Waals surface area (Å²) in [6.45, 7) is 2.14. The third kappa shape index (κ3) is 1.82. The Morgan fingerprint density at radius 2 is 2.00 bits per heavy atom. The zero-order chi connectivity index (χ0) is 9.97. The molecule has 0 unspecified atom stereocenters. The molecule has 0 saturated carbocycles. The van der Waals surface area contributed by atoms with Crippen LogP contribution in [0.3, 0.4) is 0 Å². The number of nitrogens with zero attached hydrogens (tertiary/aromatic N) is 3. The molecule has 5 heteroatoms. The standard InChI is InChI=1S/C9H12N4S/c10-9(14)7-5-12-8(6-11-7)13-3-1-2-4-13/h5-6H,1-4H2,(H2,10,14). The van der Waals surface area contributed by atoms with Crippen LogP contribution in [-0.2, 0) is 0 Å². The van der Waals surface area contributed by atoms with E-state index >= 15 is 0 Å². The molecule has 2 N–H and O–H groups in total. The van der Waals surface area contributed by atoms with E-state index in [0.717, 1.165) is 18.9 Å². The minimum atomic E-state index is 0.297. The van der Waals surface area contributed by atoms with Crippen molar-refractivity contribution >= 4 is 23.0 Å². The minimum Gasteiger partial charge on any atom is -0.388 e. The zero-order valence-electron chi connectivity index (χ0n) is 7.81. The first-order chi connectivity index (χ1) is 6.77. The van der Waals surface area contributed by atoms with Crippen molar-refractivity contribution in [2.75, 3.05) is 18.0 Å². The maximum absolute atomic E-state index is 5.43. The summed E-state index contributed by atoms with van der Waals surface area (Å²) in [6.07, 6.45) is 5.84. The van der Waals surface area contributed by atoms with Gasteiger partial charge in [0.15, 0.2) is 0 Å². The lowest BCUT2D eigenvalue weighted by Gasteiger charge is -2.15. The highest BCUT2D eigenvalue weighted by Gasteiger charge is 2.13. The fourth-order valence-corrected chi connectivity index (χ4v) is 1.66. The number of hydrogen-bond acceptors (Lipinski definition) is 4. The van der Waals surface area contributed by atoms with Crippen LogP contribution in [0.2, 0.25) is 0 Å². The van der Waals surface area contributed by atoms with Crippen LogP contribution in [0, 0.1) is 0 Å². The molecule has 1 aromatic heterocycles. The number of nitrogens with two attached hydrogens (primary N) is 1. The first-order valence-electron chi connectivity index (χ1n) is 4.64. The second kappa shape index (κ2) is 3.88. The van der Waals surface area contributed by atoms with Crippen molar-refractivity contribution in [3.05, 3.63) is 18.1 Å². The van der Waals surface area contributed by atoms with E-state index in [4.69, 9.17) is 18.0 Å². The number of anilines is 1. The summed E-state index contributed by atoms with van der Waals surface area (Å²) in [6, 6.07) is 0. The Hall–Kier alpha value is -1.23. The van der Waals surface area contributed by atoms with Gasteiger partial charge in [-0.3, -0.25) is 0 Å². The third-order valence-corrected chi connectivity index (χ3v) is 2.53. The van der Waals surface area contributed by atoms with E-state index in [-0.39, 0.29) is 0 Å². The van der Waals surface area contributed by atoms with Gasteiger partial charge in [0.1, 0.15) is 16.5 Å². The van der Waals surface area contributed by atoms with Crippen LogP contribution >= 0.6 is 12.2 Å². The molecule has 0 spiro atoms. The molecule has 1 fully saturated rings. The first-order valence-corrected chi connectivity index (χ1v) is 5.05. The molecule has 0 radical (unpaired) electrons. The van der Waals surface area contributed by atoms with Gasteiger partial charge in [0.05, 0.1) is 12.4 Å². The van der Waals surface area contributed by atoms with E-state index in [0.29, 0.717) is 10.7 Å². The molecule has 1 aliphatic rings. The van der Waals surface area contributed by atoms with Crippen molar-refractivity contribution in [1.29, 1.82) is 0 Å². The molecule has 1 aliphatic heterocycles. The van der Waals surface area contributed by atoms with Crippen LogP contribution in [0.25, 0.3) is 0 Å². The molecule has 4 nitrogen and oxygen atoms in total. The van der Waals surface area contributed by atoms with Crippen molar-refractivity contribution in [3.8, 4) is 0 Å². The highest BCUT2D eigenvalue weighted by atomic mass is 32.1. The van der Waals surface area contributed by atoms with Crippen molar-refractivity contribution in [1.82, 2.24) is 9.97 Å².